The topological polar surface area (TPSA) is 58.2 Å². The van der Waals surface area contributed by atoms with Crippen LogP contribution in [0, 0.1) is 11.6 Å². The molecule has 0 radical (unpaired) electrons. The largest absolute Gasteiger partial charge is 0.356 e. The van der Waals surface area contributed by atoms with Crippen LogP contribution < -0.4 is 10.6 Å². The SMILES string of the molecule is CCCCNC(=O)CC(=O)Nc1c(F)cccc1F. The van der Waals surface area contributed by atoms with Crippen molar-refractivity contribution < 1.29 is 18.4 Å². The van der Waals surface area contributed by atoms with E-state index in [4.69, 9.17) is 0 Å². The maximum Gasteiger partial charge on any atom is 0.233 e. The first-order chi connectivity index (χ1) is 9.04. The molecule has 0 fully saturated rings. The highest BCUT2D eigenvalue weighted by atomic mass is 19.1. The van der Waals surface area contributed by atoms with Crippen LogP contribution >= 0.6 is 0 Å². The fourth-order valence-electron chi connectivity index (χ4n) is 1.41. The second-order valence-corrected chi connectivity index (χ2v) is 4.03. The molecule has 19 heavy (non-hydrogen) atoms. The molecule has 0 aromatic heterocycles. The minimum absolute atomic E-state index is 0.461. The Morgan fingerprint density at radius 1 is 1.16 bits per heavy atom. The van der Waals surface area contributed by atoms with Crippen molar-refractivity contribution in [2.24, 2.45) is 0 Å². The van der Waals surface area contributed by atoms with E-state index in [0.717, 1.165) is 25.0 Å². The molecule has 4 nitrogen and oxygen atoms in total. The Bertz CT molecular complexity index is 444. The summed E-state index contributed by atoms with van der Waals surface area (Å²) >= 11 is 0. The molecule has 1 aromatic rings. The summed E-state index contributed by atoms with van der Waals surface area (Å²) < 4.78 is 26.5. The highest BCUT2D eigenvalue weighted by molar-refractivity contribution is 6.03. The number of halogens is 2. The average molecular weight is 270 g/mol. The van der Waals surface area contributed by atoms with Gasteiger partial charge in [-0.05, 0) is 18.6 Å². The van der Waals surface area contributed by atoms with Crippen LogP contribution in [-0.2, 0) is 9.59 Å². The number of benzene rings is 1. The van der Waals surface area contributed by atoms with Crippen molar-refractivity contribution in [2.75, 3.05) is 11.9 Å². The highest BCUT2D eigenvalue weighted by Gasteiger charge is 2.14. The van der Waals surface area contributed by atoms with Crippen molar-refractivity contribution in [3.05, 3.63) is 29.8 Å². The summed E-state index contributed by atoms with van der Waals surface area (Å²) in [5.74, 6) is -2.97. The lowest BCUT2D eigenvalue weighted by Gasteiger charge is -2.07. The van der Waals surface area contributed by atoms with Crippen LogP contribution in [0.15, 0.2) is 18.2 Å². The molecule has 6 heteroatoms. The van der Waals surface area contributed by atoms with Crippen molar-refractivity contribution in [1.29, 1.82) is 0 Å². The number of para-hydroxylation sites is 1. The zero-order valence-electron chi connectivity index (χ0n) is 10.6. The number of anilines is 1. The Balaban J connectivity index is 2.49. The van der Waals surface area contributed by atoms with E-state index in [1.807, 2.05) is 6.92 Å². The van der Waals surface area contributed by atoms with Crippen molar-refractivity contribution >= 4 is 17.5 Å². The standard InChI is InChI=1S/C13H16F2N2O2/c1-2-3-7-16-11(18)8-12(19)17-13-9(14)5-4-6-10(13)15/h4-6H,2-3,7-8H2,1H3,(H,16,18)(H,17,19). The third-order valence-corrected chi connectivity index (χ3v) is 2.40. The fourth-order valence-corrected chi connectivity index (χ4v) is 1.41. The summed E-state index contributed by atoms with van der Waals surface area (Å²) in [6.07, 6.45) is 1.28. The lowest BCUT2D eigenvalue weighted by Crippen LogP contribution is -2.29. The van der Waals surface area contributed by atoms with Crippen LogP contribution in [0.5, 0.6) is 0 Å². The van der Waals surface area contributed by atoms with Crippen molar-refractivity contribution in [3.8, 4) is 0 Å². The first-order valence-electron chi connectivity index (χ1n) is 6.05. The molecule has 0 atom stereocenters. The smallest absolute Gasteiger partial charge is 0.233 e. The molecule has 0 aliphatic carbocycles. The van der Waals surface area contributed by atoms with Gasteiger partial charge in [-0.25, -0.2) is 8.78 Å². The molecule has 0 aliphatic rings. The Hall–Kier alpha value is -1.98. The lowest BCUT2D eigenvalue weighted by atomic mass is 10.2. The van der Waals surface area contributed by atoms with E-state index in [9.17, 15) is 18.4 Å². The van der Waals surface area contributed by atoms with Crippen LogP contribution in [-0.4, -0.2) is 18.4 Å². The summed E-state index contributed by atoms with van der Waals surface area (Å²) in [7, 11) is 0. The van der Waals surface area contributed by atoms with E-state index < -0.39 is 35.6 Å². The number of unbranched alkanes of at least 4 members (excludes halogenated alkanes) is 1. The van der Waals surface area contributed by atoms with Gasteiger partial charge in [0.15, 0.2) is 0 Å². The van der Waals surface area contributed by atoms with E-state index in [-0.39, 0.29) is 0 Å². The number of carbonyl (C=O) groups is 2. The van der Waals surface area contributed by atoms with E-state index in [0.29, 0.717) is 6.54 Å². The van der Waals surface area contributed by atoms with Crippen LogP contribution in [0.2, 0.25) is 0 Å². The molecular weight excluding hydrogens is 254 g/mol. The molecule has 2 N–H and O–H groups in total. The molecular formula is C13H16F2N2O2. The molecule has 0 aliphatic heterocycles. The molecule has 0 unspecified atom stereocenters. The van der Waals surface area contributed by atoms with Crippen molar-refractivity contribution in [1.82, 2.24) is 5.32 Å². The lowest BCUT2D eigenvalue weighted by molar-refractivity contribution is -0.126. The van der Waals surface area contributed by atoms with E-state index in [1.165, 1.54) is 6.07 Å². The number of hydrogen-bond donors (Lipinski definition) is 2. The number of hydrogen-bond acceptors (Lipinski definition) is 2. The van der Waals surface area contributed by atoms with E-state index >= 15 is 0 Å². The first kappa shape index (κ1) is 15.1. The van der Waals surface area contributed by atoms with E-state index in [1.54, 1.807) is 0 Å². The second-order valence-electron chi connectivity index (χ2n) is 4.03. The van der Waals surface area contributed by atoms with Gasteiger partial charge in [0.2, 0.25) is 11.8 Å². The van der Waals surface area contributed by atoms with Gasteiger partial charge in [0.05, 0.1) is 0 Å². The van der Waals surface area contributed by atoms with Gasteiger partial charge < -0.3 is 10.6 Å². The van der Waals surface area contributed by atoms with Crippen molar-refractivity contribution in [3.63, 3.8) is 0 Å². The molecule has 1 rings (SSSR count). The van der Waals surface area contributed by atoms with E-state index in [2.05, 4.69) is 10.6 Å². The first-order valence-corrected chi connectivity index (χ1v) is 6.05. The molecule has 0 saturated carbocycles. The predicted octanol–water partition coefficient (Wildman–Crippen LogP) is 2.21. The van der Waals surface area contributed by atoms with Crippen LogP contribution in [0.25, 0.3) is 0 Å². The second kappa shape index (κ2) is 7.45. The van der Waals surface area contributed by atoms with Crippen LogP contribution in [0.4, 0.5) is 14.5 Å². The van der Waals surface area contributed by atoms with Crippen molar-refractivity contribution in [2.45, 2.75) is 26.2 Å². The highest BCUT2D eigenvalue weighted by Crippen LogP contribution is 2.17. The van der Waals surface area contributed by atoms with Gasteiger partial charge in [0, 0.05) is 6.54 Å². The van der Waals surface area contributed by atoms with Gasteiger partial charge in [-0.2, -0.15) is 0 Å². The Morgan fingerprint density at radius 2 is 1.79 bits per heavy atom. The number of amides is 2. The van der Waals surface area contributed by atoms with Crippen LogP contribution in [0.3, 0.4) is 0 Å². The maximum atomic E-state index is 13.2. The van der Waals surface area contributed by atoms with Gasteiger partial charge in [0.25, 0.3) is 0 Å². The summed E-state index contributed by atoms with van der Waals surface area (Å²) in [5, 5.41) is 4.59. The van der Waals surface area contributed by atoms with Gasteiger partial charge in [-0.3, -0.25) is 9.59 Å². The third-order valence-electron chi connectivity index (χ3n) is 2.40. The maximum absolute atomic E-state index is 13.2. The minimum Gasteiger partial charge on any atom is -0.356 e. The average Bonchev–Trinajstić information content (AvgIpc) is 2.34. The zero-order chi connectivity index (χ0) is 14.3. The molecule has 2 amide bonds. The summed E-state index contributed by atoms with van der Waals surface area (Å²) in [6.45, 7) is 2.45. The summed E-state index contributed by atoms with van der Waals surface area (Å²) in [6, 6.07) is 3.25. The molecule has 104 valence electrons. The molecule has 0 spiro atoms. The Morgan fingerprint density at radius 3 is 2.37 bits per heavy atom. The quantitative estimate of drug-likeness (QED) is 0.615. The fraction of sp³-hybridized carbons (Fsp3) is 0.385. The van der Waals surface area contributed by atoms with Gasteiger partial charge >= 0.3 is 0 Å². The Kier molecular flexibility index (Phi) is 5.92. The van der Waals surface area contributed by atoms with Crippen LogP contribution in [0.1, 0.15) is 26.2 Å². The predicted molar refractivity (Wildman–Crippen MR) is 67.5 cm³/mol. The molecule has 0 saturated heterocycles. The number of carbonyl (C=O) groups excluding carboxylic acids is 2. The summed E-state index contributed by atoms with van der Waals surface area (Å²) in [5.41, 5.74) is -0.533. The monoisotopic (exact) mass is 270 g/mol. The van der Waals surface area contributed by atoms with Gasteiger partial charge in [-0.15, -0.1) is 0 Å². The molecule has 0 bridgehead atoms. The Labute approximate surface area is 110 Å². The minimum atomic E-state index is -0.875. The zero-order valence-corrected chi connectivity index (χ0v) is 10.6. The normalized spacial score (nSPS) is 10.1. The number of nitrogens with one attached hydrogen (secondary N) is 2. The van der Waals surface area contributed by atoms with Gasteiger partial charge in [-0.1, -0.05) is 19.4 Å². The summed E-state index contributed by atoms with van der Waals surface area (Å²) in [4.78, 5) is 22.8. The third kappa shape index (κ3) is 5.03. The van der Waals surface area contributed by atoms with Gasteiger partial charge in [0.1, 0.15) is 23.7 Å². The number of rotatable bonds is 6. The molecule has 1 aromatic carbocycles. The molecule has 0 heterocycles.